The summed E-state index contributed by atoms with van der Waals surface area (Å²) in [6, 6.07) is 22.7. The summed E-state index contributed by atoms with van der Waals surface area (Å²) >= 11 is 0. The average molecular weight is 719 g/mol. The minimum Gasteiger partial charge on any atom is -0.439 e. The molecule has 4 aromatic rings. The number of hydrogen-bond donors (Lipinski definition) is 3. The van der Waals surface area contributed by atoms with Crippen molar-refractivity contribution in [3.05, 3.63) is 103 Å². The van der Waals surface area contributed by atoms with Crippen LogP contribution < -0.4 is 24.4 Å². The van der Waals surface area contributed by atoms with Gasteiger partial charge in [-0.25, -0.2) is 31.0 Å². The Labute approximate surface area is 285 Å². The number of urea groups is 1. The summed E-state index contributed by atoms with van der Waals surface area (Å²) < 4.78 is 70.6. The van der Waals surface area contributed by atoms with E-state index in [1.807, 2.05) is 36.4 Å². The van der Waals surface area contributed by atoms with Gasteiger partial charge < -0.3 is 10.1 Å². The summed E-state index contributed by atoms with van der Waals surface area (Å²) in [5.74, 6) is 0.166. The van der Waals surface area contributed by atoms with Crippen molar-refractivity contribution in [1.29, 1.82) is 0 Å². The van der Waals surface area contributed by atoms with E-state index >= 15 is 0 Å². The topological polar surface area (TPSA) is 150 Å². The molecule has 1 fully saturated rings. The third kappa shape index (κ3) is 10.5. The zero-order chi connectivity index (χ0) is 33.6. The van der Waals surface area contributed by atoms with Gasteiger partial charge in [-0.3, -0.25) is 19.2 Å². The number of carbonyl (C=O) groups excluding carboxylic acids is 1. The molecule has 0 spiro atoms. The van der Waals surface area contributed by atoms with Crippen LogP contribution in [0.3, 0.4) is 0 Å². The molecule has 12 nitrogen and oxygen atoms in total. The van der Waals surface area contributed by atoms with Gasteiger partial charge in [0.1, 0.15) is 11.6 Å². The van der Waals surface area contributed by atoms with Crippen LogP contribution in [-0.4, -0.2) is 64.4 Å². The van der Waals surface area contributed by atoms with Crippen LogP contribution >= 0.6 is 12.4 Å². The summed E-state index contributed by atoms with van der Waals surface area (Å²) in [7, 11) is -7.08. The number of sulfonamides is 2. The summed E-state index contributed by atoms with van der Waals surface area (Å²) in [6.45, 7) is 2.12. The van der Waals surface area contributed by atoms with Gasteiger partial charge in [-0.1, -0.05) is 24.3 Å². The second-order valence-electron chi connectivity index (χ2n) is 11.2. The molecule has 2 amide bonds. The maximum Gasteiger partial charge on any atom is 0.326 e. The molecule has 2 heterocycles. The molecule has 256 valence electrons. The fraction of sp³-hybridized carbons (Fsp3) is 0.250. The lowest BCUT2D eigenvalue weighted by molar-refractivity contribution is 0.199. The maximum atomic E-state index is 14.2. The second kappa shape index (κ2) is 15.6. The molecule has 0 aliphatic carbocycles. The third-order valence-corrected chi connectivity index (χ3v) is 8.47. The maximum absolute atomic E-state index is 14.2. The van der Waals surface area contributed by atoms with E-state index in [0.29, 0.717) is 42.4 Å². The Morgan fingerprint density at radius 3 is 2.15 bits per heavy atom. The van der Waals surface area contributed by atoms with E-state index in [9.17, 15) is 26.0 Å². The number of amides is 2. The molecule has 5 rings (SSSR count). The van der Waals surface area contributed by atoms with Crippen molar-refractivity contribution >= 4 is 61.2 Å². The molecule has 0 unspecified atom stereocenters. The first-order chi connectivity index (χ1) is 22.3. The Balaban J connectivity index is 0.00000520. The number of rotatable bonds is 11. The second-order valence-corrected chi connectivity index (χ2v) is 14.7. The Hall–Kier alpha value is -4.44. The van der Waals surface area contributed by atoms with Crippen molar-refractivity contribution in [2.75, 3.05) is 45.3 Å². The van der Waals surface area contributed by atoms with Gasteiger partial charge in [0.05, 0.1) is 18.2 Å². The lowest BCUT2D eigenvalue weighted by atomic mass is 10.0. The van der Waals surface area contributed by atoms with Crippen LogP contribution in [0.25, 0.3) is 0 Å². The van der Waals surface area contributed by atoms with Gasteiger partial charge in [-0.05, 0) is 73.0 Å². The smallest absolute Gasteiger partial charge is 0.326 e. The lowest BCUT2D eigenvalue weighted by Gasteiger charge is -2.38. The number of carbonyl (C=O) groups is 1. The van der Waals surface area contributed by atoms with Crippen LogP contribution in [0.5, 0.6) is 11.6 Å². The molecule has 1 aromatic heterocycles. The van der Waals surface area contributed by atoms with Gasteiger partial charge in [0.15, 0.2) is 0 Å². The van der Waals surface area contributed by atoms with Crippen molar-refractivity contribution in [2.45, 2.75) is 25.4 Å². The van der Waals surface area contributed by atoms with Crippen LogP contribution in [0.2, 0.25) is 0 Å². The highest BCUT2D eigenvalue weighted by Crippen LogP contribution is 2.28. The molecule has 0 saturated carbocycles. The molecule has 48 heavy (non-hydrogen) atoms. The van der Waals surface area contributed by atoms with Gasteiger partial charge in [0.25, 0.3) is 0 Å². The minimum atomic E-state index is -3.72. The number of nitrogens with zero attached hydrogens (tertiary/aromatic N) is 3. The number of para-hydroxylation sites is 1. The Morgan fingerprint density at radius 1 is 0.896 bits per heavy atom. The van der Waals surface area contributed by atoms with Crippen LogP contribution in [0, 0.1) is 5.82 Å². The molecule has 1 aliphatic rings. The molecule has 0 bridgehead atoms. The summed E-state index contributed by atoms with van der Waals surface area (Å²) in [5, 5.41) is 2.80. The van der Waals surface area contributed by atoms with Crippen LogP contribution in [0.4, 0.5) is 31.9 Å². The Bertz CT molecular complexity index is 1910. The van der Waals surface area contributed by atoms with Crippen molar-refractivity contribution in [2.24, 2.45) is 0 Å². The third-order valence-electron chi connectivity index (χ3n) is 7.27. The zero-order valence-electron chi connectivity index (χ0n) is 26.2. The first kappa shape index (κ1) is 36.4. The molecule has 0 radical (unpaired) electrons. The van der Waals surface area contributed by atoms with E-state index in [0.717, 1.165) is 37.2 Å². The summed E-state index contributed by atoms with van der Waals surface area (Å²) in [4.78, 5) is 22.0. The standard InChI is InChI=1S/C32H35FN6O6S2.ClH/c1-46(41,42)36-24-9-12-28(13-10-24)45-31-15-8-23(21-34-31)22-38-18-16-27(17-19-38)39(26-6-4-3-5-7-26)32(40)35-25-11-14-29(33)30(20-25)37-47(2,43)44;/h3-15,20-21,27,36-37H,16-19,22H2,1-2H3,(H,35,40);1H. The number of hydrogen-bond acceptors (Lipinski definition) is 8. The van der Waals surface area contributed by atoms with Crippen LogP contribution in [-0.2, 0) is 26.6 Å². The van der Waals surface area contributed by atoms with Gasteiger partial charge in [-0.2, -0.15) is 0 Å². The average Bonchev–Trinajstić information content (AvgIpc) is 3.01. The number of piperidine rings is 1. The number of halogens is 2. The summed E-state index contributed by atoms with van der Waals surface area (Å²) in [6.07, 6.45) is 5.16. The fourth-order valence-corrected chi connectivity index (χ4v) is 6.35. The largest absolute Gasteiger partial charge is 0.439 e. The van der Waals surface area contributed by atoms with E-state index in [4.69, 9.17) is 4.74 Å². The predicted molar refractivity (Wildman–Crippen MR) is 188 cm³/mol. The van der Waals surface area contributed by atoms with Gasteiger partial charge in [0.2, 0.25) is 25.9 Å². The van der Waals surface area contributed by atoms with E-state index in [2.05, 4.69) is 24.6 Å². The highest BCUT2D eigenvalue weighted by molar-refractivity contribution is 7.92. The molecular weight excluding hydrogens is 683 g/mol. The first-order valence-corrected chi connectivity index (χ1v) is 18.5. The van der Waals surface area contributed by atoms with Crippen LogP contribution in [0.15, 0.2) is 91.1 Å². The number of ether oxygens (including phenoxy) is 1. The van der Waals surface area contributed by atoms with Crippen LogP contribution in [0.1, 0.15) is 18.4 Å². The minimum absolute atomic E-state index is 0. The number of aromatic nitrogens is 1. The van der Waals surface area contributed by atoms with Gasteiger partial charge in [0, 0.05) is 55.0 Å². The fourth-order valence-electron chi connectivity index (χ4n) is 5.23. The SMILES string of the molecule is CS(=O)(=O)Nc1ccc(Oc2ccc(CN3CCC(N(C(=O)Nc4ccc(F)c(NS(C)(=O)=O)c4)c4ccccc4)CC3)cn2)cc1.Cl. The van der Waals surface area contributed by atoms with E-state index in [1.54, 1.807) is 41.4 Å². The molecule has 0 atom stereocenters. The Kier molecular flexibility index (Phi) is 11.9. The van der Waals surface area contributed by atoms with Gasteiger partial charge in [-0.15, -0.1) is 12.4 Å². The first-order valence-electron chi connectivity index (χ1n) is 14.7. The summed E-state index contributed by atoms with van der Waals surface area (Å²) in [5.41, 5.74) is 2.14. The zero-order valence-corrected chi connectivity index (χ0v) is 28.6. The Morgan fingerprint density at radius 2 is 1.54 bits per heavy atom. The van der Waals surface area contributed by atoms with Crippen molar-refractivity contribution in [3.8, 4) is 11.6 Å². The molecular formula is C32H36ClFN6O6S2. The van der Waals surface area contributed by atoms with Crippen molar-refractivity contribution in [1.82, 2.24) is 9.88 Å². The van der Waals surface area contributed by atoms with E-state index in [1.165, 1.54) is 12.1 Å². The monoisotopic (exact) mass is 718 g/mol. The predicted octanol–water partition coefficient (Wildman–Crippen LogP) is 5.88. The molecule has 3 aromatic carbocycles. The molecule has 1 saturated heterocycles. The molecule has 1 aliphatic heterocycles. The van der Waals surface area contributed by atoms with Gasteiger partial charge >= 0.3 is 6.03 Å². The van der Waals surface area contributed by atoms with E-state index < -0.39 is 31.9 Å². The number of anilines is 4. The molecule has 16 heteroatoms. The van der Waals surface area contributed by atoms with Crippen molar-refractivity contribution < 1.29 is 30.8 Å². The van der Waals surface area contributed by atoms with E-state index in [-0.39, 0.29) is 29.8 Å². The molecule has 3 N–H and O–H groups in total. The quantitative estimate of drug-likeness (QED) is 0.174. The number of likely N-dealkylation sites (tertiary alicyclic amines) is 1. The highest BCUT2D eigenvalue weighted by atomic mass is 35.5. The number of nitrogens with one attached hydrogen (secondary N) is 3. The normalized spacial score (nSPS) is 14.0. The lowest BCUT2D eigenvalue weighted by Crippen LogP contribution is -2.49. The van der Waals surface area contributed by atoms with Crippen molar-refractivity contribution in [3.63, 3.8) is 0 Å². The number of pyridine rings is 1. The highest BCUT2D eigenvalue weighted by Gasteiger charge is 2.29. The number of benzene rings is 3.